The summed E-state index contributed by atoms with van der Waals surface area (Å²) >= 11 is 3.02. The summed E-state index contributed by atoms with van der Waals surface area (Å²) in [5.74, 6) is -0.625. The first-order chi connectivity index (χ1) is 6.63. The van der Waals surface area contributed by atoms with Crippen molar-refractivity contribution in [3.63, 3.8) is 0 Å². The van der Waals surface area contributed by atoms with Crippen LogP contribution in [0.5, 0.6) is 0 Å². The van der Waals surface area contributed by atoms with E-state index in [2.05, 4.69) is 21.2 Å². The van der Waals surface area contributed by atoms with E-state index in [1.54, 1.807) is 24.3 Å². The zero-order chi connectivity index (χ0) is 10.6. The molecule has 14 heavy (non-hydrogen) atoms. The second kappa shape index (κ2) is 4.76. The standard InChI is InChI=1S/C9H9BrN2O2/c10-5-8(13)12-7-3-1-6(2-4-7)9(11)14/h1-4H,5H2,(H2,11,14)(H,12,13). The number of amides is 2. The molecule has 0 aromatic heterocycles. The van der Waals surface area contributed by atoms with Gasteiger partial charge in [0, 0.05) is 11.3 Å². The fraction of sp³-hybridized carbons (Fsp3) is 0.111. The highest BCUT2D eigenvalue weighted by Crippen LogP contribution is 2.09. The fourth-order valence-corrected chi connectivity index (χ4v) is 1.05. The van der Waals surface area contributed by atoms with Gasteiger partial charge < -0.3 is 11.1 Å². The number of alkyl halides is 1. The number of carbonyl (C=O) groups excluding carboxylic acids is 2. The smallest absolute Gasteiger partial charge is 0.248 e. The predicted octanol–water partition coefficient (Wildman–Crippen LogP) is 1.12. The first-order valence-electron chi connectivity index (χ1n) is 3.89. The number of anilines is 1. The minimum Gasteiger partial charge on any atom is -0.366 e. The first kappa shape index (κ1) is 10.7. The molecule has 2 amide bonds. The molecule has 1 aromatic rings. The van der Waals surface area contributed by atoms with Gasteiger partial charge in [0.2, 0.25) is 11.8 Å². The number of halogens is 1. The Labute approximate surface area is 89.6 Å². The highest BCUT2D eigenvalue weighted by molar-refractivity contribution is 9.09. The van der Waals surface area contributed by atoms with E-state index in [1.807, 2.05) is 0 Å². The number of benzene rings is 1. The molecule has 0 saturated heterocycles. The Bertz CT molecular complexity index is 348. The van der Waals surface area contributed by atoms with Gasteiger partial charge in [-0.25, -0.2) is 0 Å². The Balaban J connectivity index is 2.73. The molecule has 0 atom stereocenters. The Morgan fingerprint density at radius 1 is 1.29 bits per heavy atom. The Hall–Kier alpha value is -1.36. The summed E-state index contributed by atoms with van der Waals surface area (Å²) in [5.41, 5.74) is 6.11. The molecule has 0 unspecified atom stereocenters. The van der Waals surface area contributed by atoms with Gasteiger partial charge in [-0.15, -0.1) is 0 Å². The zero-order valence-corrected chi connectivity index (χ0v) is 8.87. The molecule has 0 fully saturated rings. The topological polar surface area (TPSA) is 72.2 Å². The third kappa shape index (κ3) is 2.85. The third-order valence-corrected chi connectivity index (χ3v) is 2.08. The third-order valence-electron chi connectivity index (χ3n) is 1.57. The van der Waals surface area contributed by atoms with Crippen molar-refractivity contribution in [1.29, 1.82) is 0 Å². The van der Waals surface area contributed by atoms with Crippen LogP contribution in [0.2, 0.25) is 0 Å². The first-order valence-corrected chi connectivity index (χ1v) is 5.01. The molecule has 4 nitrogen and oxygen atoms in total. The lowest BCUT2D eigenvalue weighted by Gasteiger charge is -2.02. The molecule has 1 rings (SSSR count). The van der Waals surface area contributed by atoms with Crippen LogP contribution in [-0.4, -0.2) is 17.1 Å². The highest BCUT2D eigenvalue weighted by Gasteiger charge is 2.01. The number of primary amides is 1. The summed E-state index contributed by atoms with van der Waals surface area (Å²) in [4.78, 5) is 21.7. The summed E-state index contributed by atoms with van der Waals surface area (Å²) in [6, 6.07) is 6.37. The van der Waals surface area contributed by atoms with Crippen molar-refractivity contribution in [3.05, 3.63) is 29.8 Å². The number of hydrogen-bond donors (Lipinski definition) is 2. The summed E-state index contributed by atoms with van der Waals surface area (Å²) < 4.78 is 0. The van der Waals surface area contributed by atoms with E-state index in [1.165, 1.54) is 0 Å². The van der Waals surface area contributed by atoms with E-state index in [4.69, 9.17) is 5.73 Å². The molecule has 0 bridgehead atoms. The van der Waals surface area contributed by atoms with Gasteiger partial charge >= 0.3 is 0 Å². The molecular weight excluding hydrogens is 248 g/mol. The van der Waals surface area contributed by atoms with Gasteiger partial charge in [-0.1, -0.05) is 15.9 Å². The van der Waals surface area contributed by atoms with Gasteiger partial charge in [0.15, 0.2) is 0 Å². The second-order valence-corrected chi connectivity index (χ2v) is 3.18. The van der Waals surface area contributed by atoms with Crippen LogP contribution in [0.25, 0.3) is 0 Å². The lowest BCUT2D eigenvalue weighted by atomic mass is 10.2. The largest absolute Gasteiger partial charge is 0.366 e. The lowest BCUT2D eigenvalue weighted by molar-refractivity contribution is -0.113. The molecule has 0 aliphatic heterocycles. The average Bonchev–Trinajstić information content (AvgIpc) is 2.18. The maximum absolute atomic E-state index is 11.0. The second-order valence-electron chi connectivity index (χ2n) is 2.62. The van der Waals surface area contributed by atoms with Crippen LogP contribution in [0, 0.1) is 0 Å². The van der Waals surface area contributed by atoms with Crippen molar-refractivity contribution < 1.29 is 9.59 Å². The number of nitrogens with one attached hydrogen (secondary N) is 1. The lowest BCUT2D eigenvalue weighted by Crippen LogP contribution is -2.13. The van der Waals surface area contributed by atoms with Crippen molar-refractivity contribution in [2.24, 2.45) is 5.73 Å². The Morgan fingerprint density at radius 2 is 1.86 bits per heavy atom. The van der Waals surface area contributed by atoms with Crippen molar-refractivity contribution in [2.75, 3.05) is 10.6 Å². The molecule has 1 aromatic carbocycles. The van der Waals surface area contributed by atoms with E-state index in [-0.39, 0.29) is 11.2 Å². The minimum atomic E-state index is -0.483. The molecule has 0 spiro atoms. The van der Waals surface area contributed by atoms with Crippen molar-refractivity contribution >= 4 is 33.4 Å². The molecule has 0 radical (unpaired) electrons. The van der Waals surface area contributed by atoms with Crippen LogP contribution in [0.1, 0.15) is 10.4 Å². The van der Waals surface area contributed by atoms with Gasteiger partial charge in [-0.3, -0.25) is 9.59 Å². The molecule has 3 N–H and O–H groups in total. The summed E-state index contributed by atoms with van der Waals surface area (Å²) in [7, 11) is 0. The van der Waals surface area contributed by atoms with E-state index < -0.39 is 5.91 Å². The van der Waals surface area contributed by atoms with Gasteiger partial charge in [-0.05, 0) is 24.3 Å². The van der Waals surface area contributed by atoms with Gasteiger partial charge in [0.25, 0.3) is 0 Å². The molecule has 74 valence electrons. The summed E-state index contributed by atoms with van der Waals surface area (Å²) in [6.07, 6.45) is 0. The summed E-state index contributed by atoms with van der Waals surface area (Å²) in [5, 5.41) is 2.86. The number of carbonyl (C=O) groups is 2. The molecule has 0 heterocycles. The predicted molar refractivity (Wildman–Crippen MR) is 57.4 cm³/mol. The normalized spacial score (nSPS) is 9.50. The molecule has 5 heteroatoms. The van der Waals surface area contributed by atoms with Crippen molar-refractivity contribution in [3.8, 4) is 0 Å². The van der Waals surface area contributed by atoms with Crippen LogP contribution in [0.15, 0.2) is 24.3 Å². The number of nitrogens with two attached hydrogens (primary N) is 1. The van der Waals surface area contributed by atoms with E-state index >= 15 is 0 Å². The molecule has 0 aliphatic rings. The van der Waals surface area contributed by atoms with Crippen LogP contribution in [0.4, 0.5) is 5.69 Å². The maximum Gasteiger partial charge on any atom is 0.248 e. The maximum atomic E-state index is 11.0. The van der Waals surface area contributed by atoms with Crippen molar-refractivity contribution in [1.82, 2.24) is 0 Å². The monoisotopic (exact) mass is 256 g/mol. The summed E-state index contributed by atoms with van der Waals surface area (Å²) in [6.45, 7) is 0. The van der Waals surface area contributed by atoms with E-state index in [9.17, 15) is 9.59 Å². The van der Waals surface area contributed by atoms with Gasteiger partial charge in [0.05, 0.1) is 5.33 Å². The van der Waals surface area contributed by atoms with Crippen LogP contribution in [0.3, 0.4) is 0 Å². The fourth-order valence-electron chi connectivity index (χ4n) is 0.912. The number of hydrogen-bond acceptors (Lipinski definition) is 2. The van der Waals surface area contributed by atoms with E-state index in [0.717, 1.165) is 0 Å². The SMILES string of the molecule is NC(=O)c1ccc(NC(=O)CBr)cc1. The molecule has 0 saturated carbocycles. The van der Waals surface area contributed by atoms with Gasteiger partial charge in [-0.2, -0.15) is 0 Å². The number of rotatable bonds is 3. The average molecular weight is 257 g/mol. The van der Waals surface area contributed by atoms with E-state index in [0.29, 0.717) is 11.3 Å². The highest BCUT2D eigenvalue weighted by atomic mass is 79.9. The minimum absolute atomic E-state index is 0.142. The van der Waals surface area contributed by atoms with Crippen LogP contribution < -0.4 is 11.1 Å². The van der Waals surface area contributed by atoms with Crippen LogP contribution >= 0.6 is 15.9 Å². The Morgan fingerprint density at radius 3 is 2.29 bits per heavy atom. The van der Waals surface area contributed by atoms with Gasteiger partial charge in [0.1, 0.15) is 0 Å². The quantitative estimate of drug-likeness (QED) is 0.796. The Kier molecular flexibility index (Phi) is 3.64. The van der Waals surface area contributed by atoms with Crippen LogP contribution in [-0.2, 0) is 4.79 Å². The van der Waals surface area contributed by atoms with Crippen molar-refractivity contribution in [2.45, 2.75) is 0 Å². The molecule has 0 aliphatic carbocycles. The molecular formula is C9H9BrN2O2. The zero-order valence-electron chi connectivity index (χ0n) is 7.29.